The number of hydrogen-bond donors (Lipinski definition) is 1. The lowest BCUT2D eigenvalue weighted by Gasteiger charge is -2.14. The molecule has 2 aromatic heterocycles. The summed E-state index contributed by atoms with van der Waals surface area (Å²) in [5.41, 5.74) is 0.304. The van der Waals surface area contributed by atoms with E-state index in [4.69, 9.17) is 0 Å². The first-order valence-electron chi connectivity index (χ1n) is 8.87. The van der Waals surface area contributed by atoms with Crippen LogP contribution < -0.4 is 5.32 Å². The van der Waals surface area contributed by atoms with Gasteiger partial charge in [-0.15, -0.1) is 5.10 Å². The monoisotopic (exact) mass is 412 g/mol. The fourth-order valence-corrected chi connectivity index (χ4v) is 2.86. The van der Waals surface area contributed by atoms with Gasteiger partial charge in [0.15, 0.2) is 5.69 Å². The normalized spacial score (nSPS) is 11.4. The van der Waals surface area contributed by atoms with E-state index in [1.165, 1.54) is 27.8 Å². The summed E-state index contributed by atoms with van der Waals surface area (Å²) in [6, 6.07) is 14.1. The van der Waals surface area contributed by atoms with E-state index in [9.17, 15) is 18.0 Å². The van der Waals surface area contributed by atoms with Gasteiger partial charge in [0.25, 0.3) is 5.91 Å². The number of alkyl halides is 3. The number of carbonyl (C=O) groups excluding carboxylic acids is 1. The Morgan fingerprint density at radius 3 is 2.57 bits per heavy atom. The van der Waals surface area contributed by atoms with Crippen LogP contribution in [0.4, 0.5) is 18.9 Å². The molecule has 4 rings (SSSR count). The van der Waals surface area contributed by atoms with Crippen LogP contribution in [0.3, 0.4) is 0 Å². The number of nitrogens with zero attached hydrogens (tertiary/aromatic N) is 5. The number of aromatic nitrogens is 5. The minimum atomic E-state index is -4.55. The standard InChI is InChI=1S/C20H15F3N6O/c21-20(22,23)15-7-8-18(29-10-4-9-24-29)16(11-15)25-19(30)17-13-28(27-26-17)12-14-5-2-1-3-6-14/h1-11,13H,12H2,(H,25,30). The molecule has 10 heteroatoms. The molecule has 2 aromatic carbocycles. The van der Waals surface area contributed by atoms with Crippen LogP contribution >= 0.6 is 0 Å². The van der Waals surface area contributed by atoms with Gasteiger partial charge >= 0.3 is 6.18 Å². The van der Waals surface area contributed by atoms with E-state index in [0.29, 0.717) is 6.54 Å². The lowest BCUT2D eigenvalue weighted by Crippen LogP contribution is -2.16. The van der Waals surface area contributed by atoms with E-state index in [-0.39, 0.29) is 17.1 Å². The minimum absolute atomic E-state index is 0.0187. The molecular formula is C20H15F3N6O. The summed E-state index contributed by atoms with van der Waals surface area (Å²) in [6.45, 7) is 0.406. The average Bonchev–Trinajstić information content (AvgIpc) is 3.40. The first-order chi connectivity index (χ1) is 14.4. The van der Waals surface area contributed by atoms with Crippen LogP contribution in [0.1, 0.15) is 21.6 Å². The van der Waals surface area contributed by atoms with Crippen LogP contribution in [-0.4, -0.2) is 30.7 Å². The molecular weight excluding hydrogens is 397 g/mol. The number of hydrogen-bond acceptors (Lipinski definition) is 4. The van der Waals surface area contributed by atoms with E-state index < -0.39 is 17.6 Å². The molecule has 0 spiro atoms. The van der Waals surface area contributed by atoms with E-state index in [0.717, 1.165) is 17.7 Å². The van der Waals surface area contributed by atoms with Gasteiger partial charge in [-0.3, -0.25) is 4.79 Å². The molecule has 0 aliphatic carbocycles. The number of rotatable bonds is 5. The second-order valence-electron chi connectivity index (χ2n) is 6.42. The first-order valence-corrected chi connectivity index (χ1v) is 8.87. The molecule has 30 heavy (non-hydrogen) atoms. The average molecular weight is 412 g/mol. The van der Waals surface area contributed by atoms with Crippen molar-refractivity contribution in [3.8, 4) is 5.69 Å². The molecule has 152 valence electrons. The summed E-state index contributed by atoms with van der Waals surface area (Å²) in [7, 11) is 0. The number of carbonyl (C=O) groups is 1. The highest BCUT2D eigenvalue weighted by Gasteiger charge is 2.31. The SMILES string of the molecule is O=C(Nc1cc(C(F)(F)F)ccc1-n1cccn1)c1cn(Cc2ccccc2)nn1. The number of benzene rings is 2. The second-order valence-corrected chi connectivity index (χ2v) is 6.42. The Hall–Kier alpha value is -3.95. The largest absolute Gasteiger partial charge is 0.416 e. The third kappa shape index (κ3) is 4.22. The van der Waals surface area contributed by atoms with E-state index in [1.807, 2.05) is 30.3 Å². The fraction of sp³-hybridized carbons (Fsp3) is 0.100. The second kappa shape index (κ2) is 7.82. The van der Waals surface area contributed by atoms with E-state index in [2.05, 4.69) is 20.7 Å². The Bertz CT molecular complexity index is 1150. The number of anilines is 1. The Morgan fingerprint density at radius 2 is 1.87 bits per heavy atom. The third-order valence-corrected chi connectivity index (χ3v) is 4.28. The van der Waals surface area contributed by atoms with Gasteiger partial charge in [-0.2, -0.15) is 18.3 Å². The van der Waals surface area contributed by atoms with E-state index in [1.54, 1.807) is 12.3 Å². The summed E-state index contributed by atoms with van der Waals surface area (Å²) in [4.78, 5) is 12.6. The summed E-state index contributed by atoms with van der Waals surface area (Å²) in [5, 5.41) is 14.3. The van der Waals surface area contributed by atoms with Gasteiger partial charge in [0.1, 0.15) is 0 Å². The van der Waals surface area contributed by atoms with Crippen molar-refractivity contribution in [3.63, 3.8) is 0 Å². The first kappa shape index (κ1) is 19.4. The minimum Gasteiger partial charge on any atom is -0.319 e. The van der Waals surface area contributed by atoms with E-state index >= 15 is 0 Å². The highest BCUT2D eigenvalue weighted by atomic mass is 19.4. The zero-order chi connectivity index (χ0) is 21.1. The third-order valence-electron chi connectivity index (χ3n) is 4.28. The molecule has 0 saturated carbocycles. The fourth-order valence-electron chi connectivity index (χ4n) is 2.86. The molecule has 0 radical (unpaired) electrons. The number of amides is 1. The smallest absolute Gasteiger partial charge is 0.319 e. The van der Waals surface area contributed by atoms with Crippen LogP contribution in [-0.2, 0) is 12.7 Å². The van der Waals surface area contributed by atoms with Gasteiger partial charge in [-0.25, -0.2) is 9.36 Å². The van der Waals surface area contributed by atoms with Gasteiger partial charge in [-0.1, -0.05) is 35.5 Å². The molecule has 0 saturated heterocycles. The van der Waals surface area contributed by atoms with Crippen molar-refractivity contribution in [2.75, 3.05) is 5.32 Å². The van der Waals surface area contributed by atoms with Gasteiger partial charge in [0, 0.05) is 12.4 Å². The summed E-state index contributed by atoms with van der Waals surface area (Å²) >= 11 is 0. The Balaban J connectivity index is 1.59. The van der Waals surface area contributed by atoms with Gasteiger partial charge in [0.05, 0.1) is 29.7 Å². The van der Waals surface area contributed by atoms with Crippen molar-refractivity contribution in [2.45, 2.75) is 12.7 Å². The zero-order valence-corrected chi connectivity index (χ0v) is 15.4. The predicted molar refractivity (Wildman–Crippen MR) is 102 cm³/mol. The van der Waals surface area contributed by atoms with Gasteiger partial charge in [-0.05, 0) is 29.8 Å². The molecule has 2 heterocycles. The molecule has 0 aliphatic rings. The summed E-state index contributed by atoms with van der Waals surface area (Å²) in [6.07, 6.45) is -0.0721. The van der Waals surface area contributed by atoms with Gasteiger partial charge < -0.3 is 5.32 Å². The lowest BCUT2D eigenvalue weighted by atomic mass is 10.1. The lowest BCUT2D eigenvalue weighted by molar-refractivity contribution is -0.137. The summed E-state index contributed by atoms with van der Waals surface area (Å²) < 4.78 is 42.3. The zero-order valence-electron chi connectivity index (χ0n) is 15.4. The van der Waals surface area contributed by atoms with Crippen LogP contribution in [0.5, 0.6) is 0 Å². The van der Waals surface area contributed by atoms with Gasteiger partial charge in [0.2, 0.25) is 0 Å². The van der Waals surface area contributed by atoms with Crippen LogP contribution in [0.25, 0.3) is 5.69 Å². The number of nitrogens with one attached hydrogen (secondary N) is 1. The Labute approximate surface area is 168 Å². The molecule has 4 aromatic rings. The topological polar surface area (TPSA) is 77.6 Å². The molecule has 0 unspecified atom stereocenters. The molecule has 0 aliphatic heterocycles. The maximum atomic E-state index is 13.2. The molecule has 1 amide bonds. The molecule has 1 N–H and O–H groups in total. The molecule has 0 fully saturated rings. The van der Waals surface area contributed by atoms with Crippen molar-refractivity contribution >= 4 is 11.6 Å². The summed E-state index contributed by atoms with van der Waals surface area (Å²) in [5.74, 6) is -0.679. The predicted octanol–water partition coefficient (Wildman–Crippen LogP) is 3.78. The van der Waals surface area contributed by atoms with Crippen LogP contribution in [0.2, 0.25) is 0 Å². The molecule has 0 bridgehead atoms. The van der Waals surface area contributed by atoms with Crippen molar-refractivity contribution < 1.29 is 18.0 Å². The maximum Gasteiger partial charge on any atom is 0.416 e. The van der Waals surface area contributed by atoms with Crippen LogP contribution in [0.15, 0.2) is 73.2 Å². The van der Waals surface area contributed by atoms with Crippen LogP contribution in [0, 0.1) is 0 Å². The molecule has 7 nitrogen and oxygen atoms in total. The Kier molecular flexibility index (Phi) is 5.05. The maximum absolute atomic E-state index is 13.2. The highest BCUT2D eigenvalue weighted by molar-refractivity contribution is 6.03. The van der Waals surface area contributed by atoms with Crippen molar-refractivity contribution in [2.24, 2.45) is 0 Å². The Morgan fingerprint density at radius 1 is 1.07 bits per heavy atom. The number of halogens is 3. The quantitative estimate of drug-likeness (QED) is 0.541. The molecule has 0 atom stereocenters. The highest BCUT2D eigenvalue weighted by Crippen LogP contribution is 2.33. The van der Waals surface area contributed by atoms with Crippen molar-refractivity contribution in [1.82, 2.24) is 24.8 Å². The van der Waals surface area contributed by atoms with Crippen molar-refractivity contribution in [3.05, 3.63) is 90.0 Å². The van der Waals surface area contributed by atoms with Crippen molar-refractivity contribution in [1.29, 1.82) is 0 Å².